The molecular formula is C19H26NS2+. The zero-order valence-corrected chi connectivity index (χ0v) is 15.2. The second-order valence-corrected chi connectivity index (χ2v) is 9.31. The van der Waals surface area contributed by atoms with E-state index in [1.165, 1.54) is 47.7 Å². The summed E-state index contributed by atoms with van der Waals surface area (Å²) in [5.74, 6) is 1.53. The minimum Gasteiger partial charge on any atom is -0.324 e. The molecule has 4 heterocycles. The van der Waals surface area contributed by atoms with Gasteiger partial charge in [0.1, 0.15) is 0 Å². The van der Waals surface area contributed by atoms with Gasteiger partial charge in [-0.05, 0) is 57.1 Å². The average Bonchev–Trinajstić information content (AvgIpc) is 3.19. The summed E-state index contributed by atoms with van der Waals surface area (Å²) in [5.41, 5.74) is 3.07. The third kappa shape index (κ3) is 2.57. The molecule has 4 rings (SSSR count). The predicted octanol–water partition coefficient (Wildman–Crippen LogP) is 5.35. The van der Waals surface area contributed by atoms with Crippen LogP contribution >= 0.6 is 22.7 Å². The Morgan fingerprint density at radius 2 is 1.55 bits per heavy atom. The van der Waals surface area contributed by atoms with E-state index in [1.54, 1.807) is 0 Å². The molecule has 0 unspecified atom stereocenters. The molecule has 2 saturated heterocycles. The molecule has 0 amide bonds. The fourth-order valence-corrected chi connectivity index (χ4v) is 6.36. The average molecular weight is 333 g/mol. The first kappa shape index (κ1) is 14.9. The topological polar surface area (TPSA) is 0 Å². The first-order chi connectivity index (χ1) is 10.6. The summed E-state index contributed by atoms with van der Waals surface area (Å²) in [6.45, 7) is 0. The van der Waals surface area contributed by atoms with Crippen molar-refractivity contribution in [3.05, 3.63) is 44.8 Å². The fraction of sp³-hybridized carbons (Fsp3) is 0.579. The zero-order chi connectivity index (χ0) is 15.2. The molecule has 0 N–H and O–H groups in total. The lowest BCUT2D eigenvalue weighted by molar-refractivity contribution is -0.931. The van der Waals surface area contributed by atoms with Gasteiger partial charge in [-0.25, -0.2) is 0 Å². The fourth-order valence-electron chi connectivity index (χ4n) is 4.93. The summed E-state index contributed by atoms with van der Waals surface area (Å²) >= 11 is 3.68. The van der Waals surface area contributed by atoms with Crippen LogP contribution in [0.4, 0.5) is 0 Å². The number of nitrogens with zero attached hydrogens (tertiary/aromatic N) is 1. The van der Waals surface area contributed by atoms with E-state index in [2.05, 4.69) is 47.7 Å². The molecule has 0 radical (unpaired) electrons. The largest absolute Gasteiger partial charge is 0.324 e. The van der Waals surface area contributed by atoms with Crippen molar-refractivity contribution >= 4 is 22.7 Å². The standard InChI is InChI=1S/C19H26NS2/c1-20(2)17-3-4-18(20)10-14(9-17)11-19(15-5-7-21-12-15)16-6-8-22-13-16/h5-8,12-14,17-19H,3-4,9-11H2,1-2H3/q+1/t17-,18-/m0/s1. The molecule has 22 heavy (non-hydrogen) atoms. The van der Waals surface area contributed by atoms with Crippen LogP contribution in [0.5, 0.6) is 0 Å². The maximum Gasteiger partial charge on any atom is 0.0893 e. The number of fused-ring (bicyclic) bond motifs is 2. The third-order valence-corrected chi connectivity index (χ3v) is 7.79. The summed E-state index contributed by atoms with van der Waals surface area (Å²) < 4.78 is 1.29. The number of rotatable bonds is 4. The molecule has 1 nitrogen and oxygen atoms in total. The molecule has 0 aliphatic carbocycles. The first-order valence-electron chi connectivity index (χ1n) is 8.52. The van der Waals surface area contributed by atoms with Crippen molar-refractivity contribution in [2.24, 2.45) is 5.92 Å². The Morgan fingerprint density at radius 3 is 2.00 bits per heavy atom. The number of quaternary nitrogens is 1. The van der Waals surface area contributed by atoms with Crippen molar-refractivity contribution in [3.8, 4) is 0 Å². The SMILES string of the molecule is C[N+]1(C)[C@H]2CC[C@H]1CC(CC(c1ccsc1)c1ccsc1)C2. The van der Waals surface area contributed by atoms with Gasteiger partial charge in [-0.2, -0.15) is 22.7 Å². The van der Waals surface area contributed by atoms with E-state index in [4.69, 9.17) is 0 Å². The van der Waals surface area contributed by atoms with Gasteiger partial charge in [0.15, 0.2) is 0 Å². The molecule has 2 atom stereocenters. The Bertz CT molecular complexity index is 549. The minimum atomic E-state index is 0.621. The molecule has 2 aliphatic heterocycles. The Balaban J connectivity index is 1.54. The van der Waals surface area contributed by atoms with Crippen LogP contribution in [0.25, 0.3) is 0 Å². The monoisotopic (exact) mass is 332 g/mol. The van der Waals surface area contributed by atoms with E-state index >= 15 is 0 Å². The number of hydrogen-bond donors (Lipinski definition) is 0. The van der Waals surface area contributed by atoms with Crippen LogP contribution < -0.4 is 0 Å². The van der Waals surface area contributed by atoms with E-state index in [1.807, 2.05) is 22.7 Å². The highest BCUT2D eigenvalue weighted by molar-refractivity contribution is 7.08. The van der Waals surface area contributed by atoms with Crippen molar-refractivity contribution in [1.82, 2.24) is 0 Å². The summed E-state index contributed by atoms with van der Waals surface area (Å²) in [5, 5.41) is 9.19. The molecule has 0 spiro atoms. The highest BCUT2D eigenvalue weighted by atomic mass is 32.1. The van der Waals surface area contributed by atoms with Gasteiger partial charge in [0.05, 0.1) is 26.2 Å². The van der Waals surface area contributed by atoms with Gasteiger partial charge in [-0.1, -0.05) is 0 Å². The zero-order valence-electron chi connectivity index (χ0n) is 13.6. The lowest BCUT2D eigenvalue weighted by Gasteiger charge is -2.45. The molecular weight excluding hydrogens is 306 g/mol. The molecule has 118 valence electrons. The second kappa shape index (κ2) is 5.77. The van der Waals surface area contributed by atoms with E-state index in [-0.39, 0.29) is 0 Å². The molecule has 0 saturated carbocycles. The van der Waals surface area contributed by atoms with Crippen molar-refractivity contribution in [3.63, 3.8) is 0 Å². The van der Waals surface area contributed by atoms with Crippen LogP contribution in [0.15, 0.2) is 33.7 Å². The van der Waals surface area contributed by atoms with Crippen LogP contribution in [0.2, 0.25) is 0 Å². The maximum absolute atomic E-state index is 2.47. The number of hydrogen-bond acceptors (Lipinski definition) is 2. The summed E-state index contributed by atoms with van der Waals surface area (Å²) in [4.78, 5) is 0. The maximum atomic E-state index is 2.47. The Labute approximate surface area is 142 Å². The predicted molar refractivity (Wildman–Crippen MR) is 96.7 cm³/mol. The van der Waals surface area contributed by atoms with Crippen molar-refractivity contribution < 1.29 is 4.48 Å². The molecule has 2 fully saturated rings. The van der Waals surface area contributed by atoms with Gasteiger partial charge in [-0.3, -0.25) is 0 Å². The molecule has 0 aromatic carbocycles. The summed E-state index contributed by atoms with van der Waals surface area (Å²) in [6.07, 6.45) is 7.13. The highest BCUT2D eigenvalue weighted by Crippen LogP contribution is 2.46. The van der Waals surface area contributed by atoms with Crippen LogP contribution in [-0.4, -0.2) is 30.7 Å². The van der Waals surface area contributed by atoms with E-state index in [0.29, 0.717) is 5.92 Å². The van der Waals surface area contributed by atoms with Gasteiger partial charge >= 0.3 is 0 Å². The molecule has 2 aromatic rings. The quantitative estimate of drug-likeness (QED) is 0.662. The van der Waals surface area contributed by atoms with E-state index in [9.17, 15) is 0 Å². The number of piperidine rings is 1. The van der Waals surface area contributed by atoms with E-state index < -0.39 is 0 Å². The van der Waals surface area contributed by atoms with Gasteiger partial charge in [-0.15, -0.1) is 0 Å². The molecule has 2 aromatic heterocycles. The van der Waals surface area contributed by atoms with Crippen molar-refractivity contribution in [2.45, 2.75) is 50.1 Å². The molecule has 3 heteroatoms. The normalized spacial score (nSPS) is 30.0. The Kier molecular flexibility index (Phi) is 3.91. The van der Waals surface area contributed by atoms with Gasteiger partial charge in [0.2, 0.25) is 0 Å². The Morgan fingerprint density at radius 1 is 1.00 bits per heavy atom. The van der Waals surface area contributed by atoms with E-state index in [0.717, 1.165) is 18.0 Å². The van der Waals surface area contributed by atoms with Gasteiger partial charge in [0, 0.05) is 31.6 Å². The van der Waals surface area contributed by atoms with Crippen LogP contribution in [0.1, 0.15) is 49.1 Å². The highest BCUT2D eigenvalue weighted by Gasteiger charge is 2.48. The van der Waals surface area contributed by atoms with Crippen LogP contribution in [-0.2, 0) is 0 Å². The minimum absolute atomic E-state index is 0.621. The summed E-state index contributed by atoms with van der Waals surface area (Å²) in [7, 11) is 4.93. The smallest absolute Gasteiger partial charge is 0.0893 e. The first-order valence-corrected chi connectivity index (χ1v) is 10.4. The van der Waals surface area contributed by atoms with Crippen LogP contribution in [0, 0.1) is 5.92 Å². The second-order valence-electron chi connectivity index (χ2n) is 7.75. The van der Waals surface area contributed by atoms with Gasteiger partial charge < -0.3 is 4.48 Å². The van der Waals surface area contributed by atoms with Gasteiger partial charge in [0.25, 0.3) is 0 Å². The third-order valence-electron chi connectivity index (χ3n) is 6.39. The van der Waals surface area contributed by atoms with Crippen LogP contribution in [0.3, 0.4) is 0 Å². The molecule has 2 bridgehead atoms. The number of thiophene rings is 2. The lowest BCUT2D eigenvalue weighted by atomic mass is 9.79. The molecule has 2 aliphatic rings. The summed E-state index contributed by atoms with van der Waals surface area (Å²) in [6, 6.07) is 6.50. The van der Waals surface area contributed by atoms with Crippen molar-refractivity contribution in [2.75, 3.05) is 14.1 Å². The van der Waals surface area contributed by atoms with Crippen molar-refractivity contribution in [1.29, 1.82) is 0 Å². The Hall–Kier alpha value is -0.640. The lowest BCUT2D eigenvalue weighted by Crippen LogP contribution is -2.54.